The summed E-state index contributed by atoms with van der Waals surface area (Å²) in [6, 6.07) is 1.19. The van der Waals surface area contributed by atoms with Gasteiger partial charge in [-0.1, -0.05) is 0 Å². The van der Waals surface area contributed by atoms with E-state index < -0.39 is 23.5 Å². The van der Waals surface area contributed by atoms with Gasteiger partial charge >= 0.3 is 12.4 Å². The van der Waals surface area contributed by atoms with Gasteiger partial charge in [-0.25, -0.2) is 0 Å². The van der Waals surface area contributed by atoms with Crippen molar-refractivity contribution in [3.8, 4) is 0 Å². The average Bonchev–Trinajstić information content (AvgIpc) is 2.14. The van der Waals surface area contributed by atoms with Gasteiger partial charge in [-0.2, -0.15) is 26.3 Å². The Bertz CT molecular complexity index is 346. The van der Waals surface area contributed by atoms with Crippen molar-refractivity contribution in [3.63, 3.8) is 0 Å². The quantitative estimate of drug-likeness (QED) is 0.668. The summed E-state index contributed by atoms with van der Waals surface area (Å²) in [7, 11) is 1.12. The third kappa shape index (κ3) is 2.80. The molecule has 0 aliphatic heterocycles. The maximum Gasteiger partial charge on any atom is 0.416 e. The molecule has 0 fully saturated rings. The van der Waals surface area contributed by atoms with Gasteiger partial charge in [0, 0.05) is 7.05 Å². The molecule has 7 heteroatoms. The van der Waals surface area contributed by atoms with Crippen molar-refractivity contribution >= 4 is 5.69 Å². The zero-order valence-electron chi connectivity index (χ0n) is 7.95. The van der Waals surface area contributed by atoms with Crippen LogP contribution in [0.25, 0.3) is 0 Å². The molecule has 0 saturated carbocycles. The maximum atomic E-state index is 12.3. The summed E-state index contributed by atoms with van der Waals surface area (Å²) in [4.78, 5) is 0. The summed E-state index contributed by atoms with van der Waals surface area (Å²) in [5.41, 5.74) is -3.08. The molecule has 0 spiro atoms. The van der Waals surface area contributed by atoms with Crippen LogP contribution in [-0.2, 0) is 12.4 Å². The standard InChI is InChI=1S/C9H6F6N/c1-16-7-3-5(8(10,11)12)2-6(4-7)9(13,14)15/h2-4H,1H3. The van der Waals surface area contributed by atoms with Crippen LogP contribution in [0.2, 0.25) is 0 Å². The van der Waals surface area contributed by atoms with Crippen molar-refractivity contribution < 1.29 is 26.3 Å². The predicted octanol–water partition coefficient (Wildman–Crippen LogP) is 3.59. The van der Waals surface area contributed by atoms with E-state index >= 15 is 0 Å². The first-order valence-corrected chi connectivity index (χ1v) is 4.04. The minimum absolute atomic E-state index is 0.0642. The third-order valence-corrected chi connectivity index (χ3v) is 1.83. The van der Waals surface area contributed by atoms with Crippen molar-refractivity contribution in [3.05, 3.63) is 29.3 Å². The lowest BCUT2D eigenvalue weighted by Crippen LogP contribution is -2.11. The van der Waals surface area contributed by atoms with Crippen LogP contribution >= 0.6 is 0 Å². The summed E-state index contributed by atoms with van der Waals surface area (Å²) < 4.78 is 73.6. The Kier molecular flexibility index (Phi) is 3.07. The molecule has 1 radical (unpaired) electrons. The molecule has 0 saturated heterocycles. The molecular weight excluding hydrogens is 236 g/mol. The molecule has 1 aromatic rings. The van der Waals surface area contributed by atoms with Gasteiger partial charge in [0.1, 0.15) is 0 Å². The van der Waals surface area contributed by atoms with Gasteiger partial charge in [0.25, 0.3) is 0 Å². The first kappa shape index (κ1) is 12.7. The van der Waals surface area contributed by atoms with Crippen LogP contribution in [0.1, 0.15) is 11.1 Å². The molecule has 89 valence electrons. The van der Waals surface area contributed by atoms with Gasteiger partial charge in [-0.15, -0.1) is 0 Å². The second-order valence-corrected chi connectivity index (χ2v) is 2.99. The Hall–Kier alpha value is -1.40. The number of halogens is 6. The molecule has 0 amide bonds. The number of alkyl halides is 6. The molecule has 16 heavy (non-hydrogen) atoms. The van der Waals surface area contributed by atoms with E-state index in [1.165, 1.54) is 0 Å². The van der Waals surface area contributed by atoms with Crippen LogP contribution in [0.15, 0.2) is 18.2 Å². The van der Waals surface area contributed by atoms with Crippen LogP contribution < -0.4 is 5.32 Å². The van der Waals surface area contributed by atoms with Gasteiger partial charge in [0.05, 0.1) is 16.8 Å². The highest BCUT2D eigenvalue weighted by Gasteiger charge is 2.36. The Labute approximate surface area is 87.1 Å². The summed E-state index contributed by atoms with van der Waals surface area (Å²) in [5.74, 6) is 0. The molecule has 0 unspecified atom stereocenters. The van der Waals surface area contributed by atoms with Crippen molar-refractivity contribution in [2.24, 2.45) is 0 Å². The molecule has 0 N–H and O–H groups in total. The van der Waals surface area contributed by atoms with E-state index in [-0.39, 0.29) is 11.8 Å². The highest BCUT2D eigenvalue weighted by Crippen LogP contribution is 2.37. The van der Waals surface area contributed by atoms with E-state index in [0.717, 1.165) is 7.05 Å². The van der Waals surface area contributed by atoms with Crippen molar-refractivity contribution in [1.29, 1.82) is 0 Å². The number of nitrogens with zero attached hydrogens (tertiary/aromatic N) is 1. The van der Waals surface area contributed by atoms with Crippen LogP contribution in [0, 0.1) is 0 Å². The molecule has 0 bridgehead atoms. The molecule has 0 aliphatic carbocycles. The first-order chi connectivity index (χ1) is 7.14. The smallest absolute Gasteiger partial charge is 0.289 e. The fourth-order valence-electron chi connectivity index (χ4n) is 1.07. The summed E-state index contributed by atoms with van der Waals surface area (Å²) in [6.07, 6.45) is -9.64. The molecule has 0 heterocycles. The van der Waals surface area contributed by atoms with E-state index in [2.05, 4.69) is 5.32 Å². The third-order valence-electron chi connectivity index (χ3n) is 1.83. The largest absolute Gasteiger partial charge is 0.416 e. The van der Waals surface area contributed by atoms with Crippen LogP contribution in [0.4, 0.5) is 32.0 Å². The van der Waals surface area contributed by atoms with Gasteiger partial charge in [0.2, 0.25) is 0 Å². The van der Waals surface area contributed by atoms with Crippen molar-refractivity contribution in [2.75, 3.05) is 7.05 Å². The first-order valence-electron chi connectivity index (χ1n) is 4.04. The lowest BCUT2D eigenvalue weighted by molar-refractivity contribution is -0.143. The van der Waals surface area contributed by atoms with E-state index in [1.54, 1.807) is 0 Å². The fourth-order valence-corrected chi connectivity index (χ4v) is 1.07. The van der Waals surface area contributed by atoms with Gasteiger partial charge < -0.3 is 0 Å². The zero-order valence-corrected chi connectivity index (χ0v) is 7.95. The molecule has 0 aromatic heterocycles. The Balaban J connectivity index is 3.33. The van der Waals surface area contributed by atoms with E-state index in [1.807, 2.05) is 0 Å². The minimum Gasteiger partial charge on any atom is -0.289 e. The fraction of sp³-hybridized carbons (Fsp3) is 0.333. The van der Waals surface area contributed by atoms with E-state index in [9.17, 15) is 26.3 Å². The number of rotatable bonds is 1. The topological polar surface area (TPSA) is 14.1 Å². The Morgan fingerprint density at radius 3 is 1.44 bits per heavy atom. The second kappa shape index (κ2) is 3.88. The SMILES string of the molecule is C[N]c1cc(C(F)(F)F)cc(C(F)(F)F)c1. The van der Waals surface area contributed by atoms with Crippen LogP contribution in [0.5, 0.6) is 0 Å². The summed E-state index contributed by atoms with van der Waals surface area (Å²) in [6.45, 7) is 0. The maximum absolute atomic E-state index is 12.3. The lowest BCUT2D eigenvalue weighted by Gasteiger charge is -2.13. The van der Waals surface area contributed by atoms with Crippen LogP contribution in [0.3, 0.4) is 0 Å². The van der Waals surface area contributed by atoms with Gasteiger partial charge in [-0.3, -0.25) is 5.32 Å². The summed E-state index contributed by atoms with van der Waals surface area (Å²) >= 11 is 0. The second-order valence-electron chi connectivity index (χ2n) is 2.99. The molecule has 0 atom stereocenters. The monoisotopic (exact) mass is 242 g/mol. The molecular formula is C9H6F6N. The number of hydrogen-bond acceptors (Lipinski definition) is 0. The minimum atomic E-state index is -4.82. The van der Waals surface area contributed by atoms with Crippen molar-refractivity contribution in [1.82, 2.24) is 5.32 Å². The average molecular weight is 242 g/mol. The predicted molar refractivity (Wildman–Crippen MR) is 44.2 cm³/mol. The zero-order chi connectivity index (χ0) is 12.6. The normalized spacial score (nSPS) is 12.7. The molecule has 0 aliphatic rings. The molecule has 1 aromatic carbocycles. The van der Waals surface area contributed by atoms with E-state index in [4.69, 9.17) is 0 Å². The van der Waals surface area contributed by atoms with E-state index in [0.29, 0.717) is 12.1 Å². The number of hydrogen-bond donors (Lipinski definition) is 0. The highest BCUT2D eigenvalue weighted by molar-refractivity contribution is 5.45. The molecule has 1 rings (SSSR count). The van der Waals surface area contributed by atoms with Gasteiger partial charge in [-0.05, 0) is 18.2 Å². The Morgan fingerprint density at radius 1 is 0.812 bits per heavy atom. The summed E-state index contributed by atoms with van der Waals surface area (Å²) in [5, 5.41) is 3.32. The number of benzene rings is 1. The Morgan fingerprint density at radius 2 is 1.19 bits per heavy atom. The van der Waals surface area contributed by atoms with Crippen molar-refractivity contribution in [2.45, 2.75) is 12.4 Å². The van der Waals surface area contributed by atoms with Gasteiger partial charge in [0.15, 0.2) is 0 Å². The highest BCUT2D eigenvalue weighted by atomic mass is 19.4. The molecule has 1 nitrogen and oxygen atoms in total. The van der Waals surface area contributed by atoms with Crippen LogP contribution in [-0.4, -0.2) is 7.05 Å². The lowest BCUT2D eigenvalue weighted by atomic mass is 10.1.